The Morgan fingerprint density at radius 1 is 0.927 bits per heavy atom. The highest BCUT2D eigenvalue weighted by molar-refractivity contribution is 7.92. The zero-order chi connectivity index (χ0) is 30.0. The molecule has 10 heteroatoms. The number of aryl methyl sites for hydroxylation is 1. The van der Waals surface area contributed by atoms with E-state index in [0.717, 1.165) is 23.8 Å². The van der Waals surface area contributed by atoms with E-state index in [1.54, 1.807) is 30.3 Å². The molecule has 0 aliphatic carbocycles. The smallest absolute Gasteiger partial charge is 0.243 e. The molecule has 0 saturated carbocycles. The van der Waals surface area contributed by atoms with Gasteiger partial charge in [-0.15, -0.1) is 0 Å². The van der Waals surface area contributed by atoms with Crippen LogP contribution >= 0.6 is 23.2 Å². The van der Waals surface area contributed by atoms with Gasteiger partial charge >= 0.3 is 0 Å². The molecule has 0 aromatic heterocycles. The van der Waals surface area contributed by atoms with Crippen LogP contribution in [0.1, 0.15) is 42.9 Å². The van der Waals surface area contributed by atoms with Gasteiger partial charge in [0.25, 0.3) is 0 Å². The summed E-state index contributed by atoms with van der Waals surface area (Å²) >= 11 is 13.0. The van der Waals surface area contributed by atoms with E-state index in [1.807, 2.05) is 56.3 Å². The van der Waals surface area contributed by atoms with Gasteiger partial charge in [0.15, 0.2) is 0 Å². The second kappa shape index (κ2) is 15.2. The average Bonchev–Trinajstić information content (AvgIpc) is 2.93. The normalized spacial score (nSPS) is 12.0. The van der Waals surface area contributed by atoms with E-state index in [1.165, 1.54) is 9.21 Å². The van der Waals surface area contributed by atoms with Gasteiger partial charge in [-0.05, 0) is 49.1 Å². The van der Waals surface area contributed by atoms with Crippen LogP contribution in [-0.2, 0) is 32.6 Å². The predicted molar refractivity (Wildman–Crippen MR) is 167 cm³/mol. The van der Waals surface area contributed by atoms with Crippen molar-refractivity contribution < 1.29 is 18.0 Å². The molecule has 3 rings (SSSR count). The van der Waals surface area contributed by atoms with Crippen LogP contribution in [0, 0.1) is 6.92 Å². The van der Waals surface area contributed by atoms with Gasteiger partial charge in [0.1, 0.15) is 6.04 Å². The topological polar surface area (TPSA) is 86.8 Å². The fourth-order valence-electron chi connectivity index (χ4n) is 4.60. The number of anilines is 1. The first-order valence-electron chi connectivity index (χ1n) is 13.6. The summed E-state index contributed by atoms with van der Waals surface area (Å²) < 4.78 is 26.6. The predicted octanol–water partition coefficient (Wildman–Crippen LogP) is 6.01. The number of carbonyl (C=O) groups is 2. The van der Waals surface area contributed by atoms with Crippen LogP contribution < -0.4 is 9.62 Å². The number of amides is 2. The molecule has 0 heterocycles. The number of rotatable bonds is 14. The fraction of sp³-hybridized carbons (Fsp3) is 0.355. The van der Waals surface area contributed by atoms with Gasteiger partial charge in [0.2, 0.25) is 21.8 Å². The number of halogens is 2. The maximum atomic E-state index is 13.9. The summed E-state index contributed by atoms with van der Waals surface area (Å²) in [5, 5.41) is 3.73. The van der Waals surface area contributed by atoms with Crippen molar-refractivity contribution in [3.63, 3.8) is 0 Å². The molecule has 3 aromatic rings. The second-order valence-electron chi connectivity index (χ2n) is 9.94. The number of benzene rings is 3. The van der Waals surface area contributed by atoms with Crippen molar-refractivity contribution in [2.45, 2.75) is 52.1 Å². The van der Waals surface area contributed by atoms with Gasteiger partial charge in [-0.25, -0.2) is 8.42 Å². The molecule has 0 aliphatic rings. The van der Waals surface area contributed by atoms with Crippen molar-refractivity contribution in [2.24, 2.45) is 0 Å². The van der Waals surface area contributed by atoms with Crippen LogP contribution in [0.5, 0.6) is 0 Å². The third kappa shape index (κ3) is 9.21. The van der Waals surface area contributed by atoms with Crippen molar-refractivity contribution in [1.29, 1.82) is 0 Å². The molecule has 1 N–H and O–H groups in total. The maximum Gasteiger partial charge on any atom is 0.243 e. The minimum atomic E-state index is -3.59. The van der Waals surface area contributed by atoms with E-state index in [0.29, 0.717) is 34.3 Å². The molecule has 1 atom stereocenters. The van der Waals surface area contributed by atoms with Crippen molar-refractivity contribution >= 4 is 50.7 Å². The summed E-state index contributed by atoms with van der Waals surface area (Å²) in [6.07, 6.45) is 2.46. The lowest BCUT2D eigenvalue weighted by Crippen LogP contribution is -2.50. The third-order valence-electron chi connectivity index (χ3n) is 6.75. The minimum absolute atomic E-state index is 0.0202. The molecule has 7 nitrogen and oxygen atoms in total. The van der Waals surface area contributed by atoms with E-state index < -0.39 is 16.1 Å². The highest BCUT2D eigenvalue weighted by Gasteiger charge is 2.31. The lowest BCUT2D eigenvalue weighted by Gasteiger charge is -2.32. The molecule has 0 radical (unpaired) electrons. The summed E-state index contributed by atoms with van der Waals surface area (Å²) in [6, 6.07) is 21.0. The molecule has 220 valence electrons. The van der Waals surface area contributed by atoms with E-state index >= 15 is 0 Å². The van der Waals surface area contributed by atoms with Gasteiger partial charge in [0.05, 0.1) is 11.9 Å². The number of para-hydroxylation sites is 1. The summed E-state index contributed by atoms with van der Waals surface area (Å²) in [6.45, 7) is 4.42. The summed E-state index contributed by atoms with van der Waals surface area (Å²) in [4.78, 5) is 28.9. The molecule has 3 aromatic carbocycles. The molecule has 0 aliphatic heterocycles. The van der Waals surface area contributed by atoms with Gasteiger partial charge in [-0.3, -0.25) is 13.9 Å². The first-order valence-corrected chi connectivity index (χ1v) is 16.2. The van der Waals surface area contributed by atoms with Crippen molar-refractivity contribution in [3.8, 4) is 0 Å². The molecular weight excluding hydrogens is 581 g/mol. The van der Waals surface area contributed by atoms with Gasteiger partial charge in [-0.2, -0.15) is 0 Å². The van der Waals surface area contributed by atoms with Crippen LogP contribution in [0.25, 0.3) is 0 Å². The van der Waals surface area contributed by atoms with Crippen molar-refractivity contribution in [2.75, 3.05) is 23.7 Å². The van der Waals surface area contributed by atoms with Crippen LogP contribution in [0.3, 0.4) is 0 Å². The van der Waals surface area contributed by atoms with Gasteiger partial charge in [-0.1, -0.05) is 84.7 Å². The van der Waals surface area contributed by atoms with Crippen LogP contribution in [0.15, 0.2) is 72.8 Å². The SMILES string of the molecule is CCCNC(=O)[C@H](Cc1ccccc1)N(Cc1c(Cl)cccc1Cl)C(=O)CCCN(c1ccccc1C)S(C)(=O)=O. The third-order valence-corrected chi connectivity index (χ3v) is 8.63. The number of nitrogens with zero attached hydrogens (tertiary/aromatic N) is 2. The first-order chi connectivity index (χ1) is 19.5. The number of hydrogen-bond donors (Lipinski definition) is 1. The minimum Gasteiger partial charge on any atom is -0.354 e. The second-order valence-corrected chi connectivity index (χ2v) is 12.7. The monoisotopic (exact) mass is 617 g/mol. The Hall–Kier alpha value is -3.07. The fourth-order valence-corrected chi connectivity index (χ4v) is 6.14. The summed E-state index contributed by atoms with van der Waals surface area (Å²) in [7, 11) is -3.59. The summed E-state index contributed by atoms with van der Waals surface area (Å²) in [5.74, 6) is -0.572. The maximum absolute atomic E-state index is 13.9. The van der Waals surface area contributed by atoms with Gasteiger partial charge < -0.3 is 10.2 Å². The standard InChI is InChI=1S/C31H37Cl2N3O4S/c1-4-19-34-31(38)29(21-24-13-6-5-7-14-24)35(22-25-26(32)15-10-16-27(25)33)30(37)18-11-20-36(41(3,39)40)28-17-9-8-12-23(28)2/h5-10,12-17,29H,4,11,18-22H2,1-3H3,(H,34,38)/t29-/m0/s1. The molecule has 41 heavy (non-hydrogen) atoms. The number of carbonyl (C=O) groups excluding carboxylic acids is 2. The lowest BCUT2D eigenvalue weighted by molar-refractivity contribution is -0.141. The molecular formula is C31H37Cl2N3O4S. The number of hydrogen-bond acceptors (Lipinski definition) is 4. The van der Waals surface area contributed by atoms with E-state index in [9.17, 15) is 18.0 Å². The Morgan fingerprint density at radius 2 is 1.56 bits per heavy atom. The highest BCUT2D eigenvalue weighted by Crippen LogP contribution is 2.28. The Labute approximate surface area is 253 Å². The molecule has 0 spiro atoms. The zero-order valence-corrected chi connectivity index (χ0v) is 26.0. The largest absolute Gasteiger partial charge is 0.354 e. The number of sulfonamides is 1. The Balaban J connectivity index is 1.92. The average molecular weight is 619 g/mol. The van der Waals surface area contributed by atoms with Crippen LogP contribution in [0.2, 0.25) is 10.0 Å². The Bertz CT molecular complexity index is 1410. The summed E-state index contributed by atoms with van der Waals surface area (Å²) in [5.41, 5.74) is 2.83. The van der Waals surface area contributed by atoms with E-state index in [2.05, 4.69) is 5.32 Å². The van der Waals surface area contributed by atoms with Crippen molar-refractivity contribution in [1.82, 2.24) is 10.2 Å². The van der Waals surface area contributed by atoms with Gasteiger partial charge in [0, 0.05) is 48.1 Å². The first kappa shape index (κ1) is 32.4. The molecule has 2 amide bonds. The molecule has 0 bridgehead atoms. The van der Waals surface area contributed by atoms with E-state index in [4.69, 9.17) is 23.2 Å². The van der Waals surface area contributed by atoms with Crippen molar-refractivity contribution in [3.05, 3.63) is 99.5 Å². The Morgan fingerprint density at radius 3 is 2.17 bits per heavy atom. The number of nitrogens with one attached hydrogen (secondary N) is 1. The van der Waals surface area contributed by atoms with Crippen LogP contribution in [0.4, 0.5) is 5.69 Å². The van der Waals surface area contributed by atoms with Crippen LogP contribution in [-0.4, -0.2) is 50.5 Å². The Kier molecular flexibility index (Phi) is 12.1. The van der Waals surface area contributed by atoms with E-state index in [-0.39, 0.29) is 37.7 Å². The quantitative estimate of drug-likeness (QED) is 0.240. The molecule has 0 fully saturated rings. The molecule has 0 saturated heterocycles. The lowest BCUT2D eigenvalue weighted by atomic mass is 10.0. The zero-order valence-electron chi connectivity index (χ0n) is 23.6. The molecule has 0 unspecified atom stereocenters. The highest BCUT2D eigenvalue weighted by atomic mass is 35.5.